The zero-order chi connectivity index (χ0) is 18.9. The summed E-state index contributed by atoms with van der Waals surface area (Å²) < 4.78 is 34.4. The Labute approximate surface area is 159 Å². The van der Waals surface area contributed by atoms with Crippen molar-refractivity contribution in [2.75, 3.05) is 24.7 Å². The van der Waals surface area contributed by atoms with E-state index >= 15 is 0 Å². The highest BCUT2D eigenvalue weighted by molar-refractivity contribution is 7.85. The molecular weight excluding hydrogens is 372 g/mol. The topological polar surface area (TPSA) is 72.8 Å². The van der Waals surface area contributed by atoms with Crippen molar-refractivity contribution in [2.45, 2.75) is 29.7 Å². The molecule has 2 rings (SSSR count). The number of hydrogen-bond donors (Lipinski definition) is 1. The van der Waals surface area contributed by atoms with Crippen LogP contribution >= 0.6 is 0 Å². The van der Waals surface area contributed by atoms with E-state index in [9.17, 15) is 13.5 Å². The molecule has 0 radical (unpaired) electrons. The van der Waals surface area contributed by atoms with Crippen molar-refractivity contribution in [3.8, 4) is 11.5 Å². The zero-order valence-corrected chi connectivity index (χ0v) is 16.6. The van der Waals surface area contributed by atoms with Crippen LogP contribution in [-0.4, -0.2) is 44.3 Å². The second-order valence-corrected chi connectivity index (χ2v) is 8.97. The van der Waals surface area contributed by atoms with Gasteiger partial charge in [0.05, 0.1) is 21.6 Å². The van der Waals surface area contributed by atoms with Gasteiger partial charge in [0.25, 0.3) is 0 Å². The Morgan fingerprint density at radius 3 is 1.42 bits per heavy atom. The molecule has 0 aliphatic carbocycles. The summed E-state index contributed by atoms with van der Waals surface area (Å²) in [7, 11) is -1.97. The second kappa shape index (κ2) is 10.4. The minimum absolute atomic E-state index is 0.0914. The third-order valence-electron chi connectivity index (χ3n) is 3.58. The predicted molar refractivity (Wildman–Crippen MR) is 104 cm³/mol. The SMILES string of the molecule is CC[S@@](=O)c1ccc(OCC(O)COc2ccc([S@@](=O)CC)cc2)cc1. The number of benzene rings is 2. The lowest BCUT2D eigenvalue weighted by atomic mass is 10.3. The Balaban J connectivity index is 1.77. The molecule has 2 aromatic carbocycles. The van der Waals surface area contributed by atoms with Crippen LogP contribution in [0.5, 0.6) is 11.5 Å². The van der Waals surface area contributed by atoms with Crippen LogP contribution in [0, 0.1) is 0 Å². The van der Waals surface area contributed by atoms with E-state index in [4.69, 9.17) is 9.47 Å². The normalized spacial score (nSPS) is 14.4. The average Bonchev–Trinajstić information content (AvgIpc) is 2.70. The first-order valence-corrected chi connectivity index (χ1v) is 11.1. The van der Waals surface area contributed by atoms with Gasteiger partial charge in [-0.15, -0.1) is 0 Å². The molecule has 0 saturated carbocycles. The molecule has 0 aliphatic rings. The second-order valence-electron chi connectivity index (χ2n) is 5.49. The molecule has 142 valence electrons. The fourth-order valence-electron chi connectivity index (χ4n) is 2.14. The fraction of sp³-hybridized carbons (Fsp3) is 0.368. The molecule has 0 aromatic heterocycles. The maximum atomic E-state index is 11.7. The van der Waals surface area contributed by atoms with Gasteiger partial charge < -0.3 is 14.6 Å². The van der Waals surface area contributed by atoms with Crippen LogP contribution < -0.4 is 9.47 Å². The number of hydrogen-bond acceptors (Lipinski definition) is 5. The molecular formula is C19H24O5S2. The van der Waals surface area contributed by atoms with Gasteiger partial charge in [-0.2, -0.15) is 0 Å². The minimum Gasteiger partial charge on any atom is -0.491 e. The van der Waals surface area contributed by atoms with Gasteiger partial charge in [0.1, 0.15) is 30.8 Å². The van der Waals surface area contributed by atoms with Gasteiger partial charge in [-0.3, -0.25) is 8.42 Å². The molecule has 0 heterocycles. The molecule has 26 heavy (non-hydrogen) atoms. The highest BCUT2D eigenvalue weighted by Gasteiger charge is 2.08. The number of rotatable bonds is 10. The van der Waals surface area contributed by atoms with Crippen LogP contribution in [0.15, 0.2) is 58.3 Å². The average molecular weight is 397 g/mol. The third-order valence-corrected chi connectivity index (χ3v) is 6.23. The Hall–Kier alpha value is -1.70. The molecule has 0 fully saturated rings. The maximum Gasteiger partial charge on any atom is 0.122 e. The quantitative estimate of drug-likeness (QED) is 0.669. The maximum absolute atomic E-state index is 11.7. The lowest BCUT2D eigenvalue weighted by Gasteiger charge is -2.14. The minimum atomic E-state index is -0.985. The first-order valence-electron chi connectivity index (χ1n) is 8.44. The summed E-state index contributed by atoms with van der Waals surface area (Å²) in [6.07, 6.45) is -0.788. The molecule has 0 aliphatic heterocycles. The van der Waals surface area contributed by atoms with Crippen LogP contribution in [0.3, 0.4) is 0 Å². The molecule has 0 amide bonds. The van der Waals surface area contributed by atoms with Crippen LogP contribution in [0.4, 0.5) is 0 Å². The van der Waals surface area contributed by atoms with Gasteiger partial charge in [-0.05, 0) is 48.5 Å². The smallest absolute Gasteiger partial charge is 0.122 e. The molecule has 0 saturated heterocycles. The van der Waals surface area contributed by atoms with Gasteiger partial charge in [-0.1, -0.05) is 13.8 Å². The van der Waals surface area contributed by atoms with Crippen molar-refractivity contribution in [2.24, 2.45) is 0 Å². The van der Waals surface area contributed by atoms with Gasteiger partial charge in [0, 0.05) is 21.3 Å². The van der Waals surface area contributed by atoms with Crippen LogP contribution in [0.2, 0.25) is 0 Å². The molecule has 1 N–H and O–H groups in total. The van der Waals surface area contributed by atoms with E-state index in [1.165, 1.54) is 0 Å². The summed E-state index contributed by atoms with van der Waals surface area (Å²) in [5.74, 6) is 2.36. The standard InChI is InChI=1S/C19H24O5S2/c1-3-25(21)18-9-5-16(6-10-18)23-13-15(20)14-24-17-7-11-19(12-8-17)26(22)4-2/h5-12,15,20H,3-4,13-14H2,1-2H3/t15?,25-,26+. The summed E-state index contributed by atoms with van der Waals surface area (Å²) in [5.41, 5.74) is 0. The first-order chi connectivity index (χ1) is 12.5. The van der Waals surface area contributed by atoms with Crippen molar-refractivity contribution in [3.05, 3.63) is 48.5 Å². The van der Waals surface area contributed by atoms with E-state index in [1.54, 1.807) is 48.5 Å². The molecule has 0 spiro atoms. The number of ether oxygens (including phenoxy) is 2. The fourth-order valence-corrected chi connectivity index (χ4v) is 3.69. The Bertz CT molecular complexity index is 665. The highest BCUT2D eigenvalue weighted by atomic mass is 32.2. The van der Waals surface area contributed by atoms with Crippen LogP contribution in [-0.2, 0) is 21.6 Å². The molecule has 7 heteroatoms. The summed E-state index contributed by atoms with van der Waals surface area (Å²) >= 11 is 0. The van der Waals surface area contributed by atoms with Crippen LogP contribution in [0.25, 0.3) is 0 Å². The Morgan fingerprint density at radius 2 is 1.12 bits per heavy atom. The molecule has 2 aromatic rings. The van der Waals surface area contributed by atoms with E-state index < -0.39 is 27.7 Å². The van der Waals surface area contributed by atoms with Crippen molar-refractivity contribution >= 4 is 21.6 Å². The van der Waals surface area contributed by atoms with E-state index in [2.05, 4.69) is 0 Å². The van der Waals surface area contributed by atoms with E-state index in [0.29, 0.717) is 23.0 Å². The lowest BCUT2D eigenvalue weighted by molar-refractivity contribution is 0.0626. The molecule has 5 nitrogen and oxygen atoms in total. The van der Waals surface area contributed by atoms with Gasteiger partial charge in [-0.25, -0.2) is 0 Å². The third kappa shape index (κ3) is 6.23. The van der Waals surface area contributed by atoms with Gasteiger partial charge in [0.2, 0.25) is 0 Å². The highest BCUT2D eigenvalue weighted by Crippen LogP contribution is 2.17. The number of aliphatic hydroxyl groups is 1. The molecule has 1 unspecified atom stereocenters. The Kier molecular flexibility index (Phi) is 8.28. The Morgan fingerprint density at radius 1 is 0.769 bits per heavy atom. The monoisotopic (exact) mass is 396 g/mol. The summed E-state index contributed by atoms with van der Waals surface area (Å²) in [4.78, 5) is 1.52. The summed E-state index contributed by atoms with van der Waals surface area (Å²) in [6, 6.07) is 14.0. The molecule has 0 bridgehead atoms. The van der Waals surface area contributed by atoms with Gasteiger partial charge in [0.15, 0.2) is 0 Å². The first kappa shape index (κ1) is 20.6. The van der Waals surface area contributed by atoms with Crippen LogP contribution in [0.1, 0.15) is 13.8 Å². The predicted octanol–water partition coefficient (Wildman–Crippen LogP) is 2.76. The van der Waals surface area contributed by atoms with Crippen molar-refractivity contribution in [1.29, 1.82) is 0 Å². The van der Waals surface area contributed by atoms with Gasteiger partial charge >= 0.3 is 0 Å². The molecule has 3 atom stereocenters. The number of aliphatic hydroxyl groups excluding tert-OH is 1. The van der Waals surface area contributed by atoms with E-state index in [1.807, 2.05) is 13.8 Å². The van der Waals surface area contributed by atoms with Crippen molar-refractivity contribution in [3.63, 3.8) is 0 Å². The van der Waals surface area contributed by atoms with E-state index in [0.717, 1.165) is 9.79 Å². The summed E-state index contributed by atoms with van der Waals surface area (Å²) in [5, 5.41) is 9.99. The van der Waals surface area contributed by atoms with Crippen molar-refractivity contribution < 1.29 is 23.0 Å². The summed E-state index contributed by atoms with van der Waals surface area (Å²) in [6.45, 7) is 3.92. The van der Waals surface area contributed by atoms with Crippen molar-refractivity contribution in [1.82, 2.24) is 0 Å². The van der Waals surface area contributed by atoms with E-state index in [-0.39, 0.29) is 13.2 Å². The zero-order valence-electron chi connectivity index (χ0n) is 14.9. The largest absolute Gasteiger partial charge is 0.491 e. The lowest BCUT2D eigenvalue weighted by Crippen LogP contribution is -2.25.